The number of ketones is 1. The van der Waals surface area contributed by atoms with Crippen LogP contribution < -0.4 is 0 Å². The Morgan fingerprint density at radius 3 is 2.20 bits per heavy atom. The van der Waals surface area contributed by atoms with E-state index in [1.165, 1.54) is 0 Å². The summed E-state index contributed by atoms with van der Waals surface area (Å²) in [5.41, 5.74) is -1.16. The molecule has 1 aliphatic heterocycles. The van der Waals surface area contributed by atoms with Gasteiger partial charge in [-0.2, -0.15) is 0 Å². The Morgan fingerprint density at radius 2 is 1.68 bits per heavy atom. The molecule has 1 aliphatic carbocycles. The number of hydrogen-bond acceptors (Lipinski definition) is 5. The lowest BCUT2D eigenvalue weighted by atomic mass is 9.79. The lowest BCUT2D eigenvalue weighted by Crippen LogP contribution is -2.59. The molecule has 142 valence electrons. The van der Waals surface area contributed by atoms with E-state index < -0.39 is 11.2 Å². The Kier molecular flexibility index (Phi) is 5.50. The van der Waals surface area contributed by atoms with Crippen LogP contribution in [-0.4, -0.2) is 47.0 Å². The number of nitrogens with zero attached hydrogens (tertiary/aromatic N) is 1. The summed E-state index contributed by atoms with van der Waals surface area (Å²) >= 11 is 0. The second-order valence-electron chi connectivity index (χ2n) is 8.97. The third kappa shape index (κ3) is 4.95. The maximum absolute atomic E-state index is 12.5. The average Bonchev–Trinajstić information content (AvgIpc) is 2.32. The first-order valence-electron chi connectivity index (χ1n) is 9.11. The summed E-state index contributed by atoms with van der Waals surface area (Å²) in [7, 11) is 0. The summed E-state index contributed by atoms with van der Waals surface area (Å²) in [6.45, 7) is 12.3. The van der Waals surface area contributed by atoms with Gasteiger partial charge in [0.2, 0.25) is 0 Å². The molecule has 25 heavy (non-hydrogen) atoms. The lowest BCUT2D eigenvalue weighted by Gasteiger charge is -2.47. The Balaban J connectivity index is 1.85. The van der Waals surface area contributed by atoms with E-state index in [9.17, 15) is 14.4 Å². The van der Waals surface area contributed by atoms with Gasteiger partial charge < -0.3 is 14.4 Å². The van der Waals surface area contributed by atoms with Crippen LogP contribution in [0.2, 0.25) is 0 Å². The zero-order chi connectivity index (χ0) is 19.0. The molecular formula is C19H31NO5. The average molecular weight is 353 g/mol. The topological polar surface area (TPSA) is 72.9 Å². The van der Waals surface area contributed by atoms with Crippen molar-refractivity contribution in [3.8, 4) is 0 Å². The van der Waals surface area contributed by atoms with Crippen LogP contribution in [0.15, 0.2) is 0 Å². The maximum atomic E-state index is 12.5. The van der Waals surface area contributed by atoms with Crippen molar-refractivity contribution in [2.45, 2.75) is 72.0 Å². The molecule has 0 aromatic rings. The summed E-state index contributed by atoms with van der Waals surface area (Å²) < 4.78 is 11.1. The van der Waals surface area contributed by atoms with Crippen LogP contribution in [0.3, 0.4) is 0 Å². The summed E-state index contributed by atoms with van der Waals surface area (Å²) in [5.74, 6) is -0.0868. The monoisotopic (exact) mass is 353 g/mol. The van der Waals surface area contributed by atoms with Gasteiger partial charge in [0, 0.05) is 31.8 Å². The first kappa shape index (κ1) is 19.7. The van der Waals surface area contributed by atoms with E-state index in [0.29, 0.717) is 32.4 Å². The fraction of sp³-hybridized carbons (Fsp3) is 0.842. The van der Waals surface area contributed by atoms with Gasteiger partial charge in [0.05, 0.1) is 5.92 Å². The van der Waals surface area contributed by atoms with E-state index >= 15 is 0 Å². The van der Waals surface area contributed by atoms with Crippen molar-refractivity contribution < 1.29 is 23.9 Å². The molecule has 1 saturated carbocycles. The Bertz CT molecular complexity index is 543. The number of rotatable bonds is 3. The summed E-state index contributed by atoms with van der Waals surface area (Å²) in [4.78, 5) is 37.7. The van der Waals surface area contributed by atoms with E-state index in [1.807, 2.05) is 41.5 Å². The van der Waals surface area contributed by atoms with Crippen molar-refractivity contribution in [1.82, 2.24) is 4.90 Å². The lowest BCUT2D eigenvalue weighted by molar-refractivity contribution is -0.175. The standard InChI is InChI=1S/C19H31NO5/c1-12-9-14(21)7-8-15(12)16(22)24-19(5,6)13-10-20(11-13)17(23)25-18(2,3)4/h12-13,15H,7-11H2,1-6H3/t12-,15-/m0/s1. The van der Waals surface area contributed by atoms with E-state index in [0.717, 1.165) is 0 Å². The molecule has 1 amide bonds. The molecule has 0 radical (unpaired) electrons. The Labute approximate surface area is 150 Å². The van der Waals surface area contributed by atoms with Gasteiger partial charge in [0.1, 0.15) is 17.0 Å². The Morgan fingerprint density at radius 1 is 1.08 bits per heavy atom. The molecule has 2 rings (SSSR count). The van der Waals surface area contributed by atoms with Gasteiger partial charge in [-0.05, 0) is 47.0 Å². The van der Waals surface area contributed by atoms with Crippen LogP contribution in [0.4, 0.5) is 4.79 Å². The van der Waals surface area contributed by atoms with E-state index in [2.05, 4.69) is 0 Å². The molecule has 1 saturated heterocycles. The molecule has 0 bridgehead atoms. The Hall–Kier alpha value is -1.59. The van der Waals surface area contributed by atoms with Gasteiger partial charge in [-0.15, -0.1) is 0 Å². The van der Waals surface area contributed by atoms with Crippen LogP contribution in [0.5, 0.6) is 0 Å². The molecule has 6 nitrogen and oxygen atoms in total. The number of hydrogen-bond donors (Lipinski definition) is 0. The number of esters is 1. The van der Waals surface area contributed by atoms with Gasteiger partial charge in [-0.1, -0.05) is 6.92 Å². The fourth-order valence-electron chi connectivity index (χ4n) is 3.37. The summed E-state index contributed by atoms with van der Waals surface area (Å²) in [5, 5.41) is 0. The molecule has 2 aliphatic rings. The van der Waals surface area contributed by atoms with Crippen LogP contribution >= 0.6 is 0 Å². The predicted octanol–water partition coefficient (Wildman–Crippen LogP) is 3.18. The zero-order valence-corrected chi connectivity index (χ0v) is 16.3. The molecule has 0 spiro atoms. The molecular weight excluding hydrogens is 322 g/mol. The highest BCUT2D eigenvalue weighted by atomic mass is 16.6. The highest BCUT2D eigenvalue weighted by Gasteiger charge is 2.46. The first-order valence-corrected chi connectivity index (χ1v) is 9.11. The van der Waals surface area contributed by atoms with Crippen LogP contribution in [-0.2, 0) is 19.1 Å². The first-order chi connectivity index (χ1) is 11.4. The molecule has 6 heteroatoms. The van der Waals surface area contributed by atoms with Gasteiger partial charge in [0.15, 0.2) is 0 Å². The minimum Gasteiger partial charge on any atom is -0.459 e. The van der Waals surface area contributed by atoms with Crippen molar-refractivity contribution in [2.75, 3.05) is 13.1 Å². The second kappa shape index (κ2) is 6.96. The molecule has 0 aromatic heterocycles. The van der Waals surface area contributed by atoms with E-state index in [1.54, 1.807) is 4.90 Å². The van der Waals surface area contributed by atoms with Crippen LogP contribution in [0, 0.1) is 17.8 Å². The largest absolute Gasteiger partial charge is 0.459 e. The number of carbonyl (C=O) groups is 3. The third-order valence-corrected chi connectivity index (χ3v) is 5.15. The summed E-state index contributed by atoms with van der Waals surface area (Å²) in [6, 6.07) is 0. The van der Waals surface area contributed by atoms with Crippen molar-refractivity contribution in [2.24, 2.45) is 17.8 Å². The molecule has 2 atom stereocenters. The normalized spacial score (nSPS) is 25.4. The molecule has 1 heterocycles. The van der Waals surface area contributed by atoms with Crippen molar-refractivity contribution in [3.63, 3.8) is 0 Å². The number of likely N-dealkylation sites (tertiary alicyclic amines) is 1. The van der Waals surface area contributed by atoms with E-state index in [4.69, 9.17) is 9.47 Å². The van der Waals surface area contributed by atoms with Gasteiger partial charge in [0.25, 0.3) is 0 Å². The number of Topliss-reactive ketones (excluding diaryl/α,β-unsaturated/α-hetero) is 1. The molecule has 0 unspecified atom stereocenters. The van der Waals surface area contributed by atoms with Crippen LogP contribution in [0.1, 0.15) is 60.8 Å². The number of amides is 1. The number of ether oxygens (including phenoxy) is 2. The zero-order valence-electron chi connectivity index (χ0n) is 16.3. The second-order valence-corrected chi connectivity index (χ2v) is 8.97. The molecule has 0 N–H and O–H groups in total. The predicted molar refractivity (Wildman–Crippen MR) is 93.0 cm³/mol. The minimum atomic E-state index is -0.642. The van der Waals surface area contributed by atoms with Crippen LogP contribution in [0.25, 0.3) is 0 Å². The fourth-order valence-corrected chi connectivity index (χ4v) is 3.37. The van der Waals surface area contributed by atoms with Gasteiger partial charge >= 0.3 is 12.1 Å². The SMILES string of the molecule is C[C@H]1CC(=O)CC[C@@H]1C(=O)OC(C)(C)C1CN(C(=O)OC(C)(C)C)C1. The maximum Gasteiger partial charge on any atom is 0.410 e. The molecule has 0 aromatic carbocycles. The minimum absolute atomic E-state index is 0.0317. The van der Waals surface area contributed by atoms with Crippen molar-refractivity contribution in [1.29, 1.82) is 0 Å². The van der Waals surface area contributed by atoms with Gasteiger partial charge in [-0.25, -0.2) is 4.79 Å². The quantitative estimate of drug-likeness (QED) is 0.729. The molecule has 2 fully saturated rings. The van der Waals surface area contributed by atoms with Crippen molar-refractivity contribution in [3.05, 3.63) is 0 Å². The summed E-state index contributed by atoms with van der Waals surface area (Å²) in [6.07, 6.45) is 1.16. The number of carbonyl (C=O) groups excluding carboxylic acids is 3. The van der Waals surface area contributed by atoms with Crippen molar-refractivity contribution >= 4 is 17.8 Å². The van der Waals surface area contributed by atoms with E-state index in [-0.39, 0.29) is 35.6 Å². The van der Waals surface area contributed by atoms with Gasteiger partial charge in [-0.3, -0.25) is 9.59 Å². The highest BCUT2D eigenvalue weighted by molar-refractivity contribution is 5.83. The highest BCUT2D eigenvalue weighted by Crippen LogP contribution is 2.35. The smallest absolute Gasteiger partial charge is 0.410 e. The third-order valence-electron chi connectivity index (χ3n) is 5.15.